The molecular weight excluding hydrogens is 348 g/mol. The number of nitrogens with one attached hydrogen (secondary N) is 1. The minimum absolute atomic E-state index is 0.0115. The van der Waals surface area contributed by atoms with Crippen molar-refractivity contribution in [3.8, 4) is 0 Å². The van der Waals surface area contributed by atoms with Gasteiger partial charge >= 0.3 is 0 Å². The van der Waals surface area contributed by atoms with Crippen LogP contribution < -0.4 is 5.32 Å². The maximum atomic E-state index is 12.2. The summed E-state index contributed by atoms with van der Waals surface area (Å²) in [6, 6.07) is 13.9. The first-order valence-corrected chi connectivity index (χ1v) is 9.71. The van der Waals surface area contributed by atoms with E-state index in [9.17, 15) is 9.90 Å². The Morgan fingerprint density at radius 3 is 2.77 bits per heavy atom. The molecule has 1 aliphatic heterocycles. The van der Waals surface area contributed by atoms with Crippen molar-refractivity contribution in [1.82, 2.24) is 10.2 Å². The van der Waals surface area contributed by atoms with Crippen LogP contribution in [-0.2, 0) is 16.1 Å². The number of thiophene rings is 1. The van der Waals surface area contributed by atoms with E-state index in [0.717, 1.165) is 18.0 Å². The van der Waals surface area contributed by atoms with Crippen LogP contribution in [0.2, 0.25) is 0 Å². The zero-order chi connectivity index (χ0) is 18.6. The Morgan fingerprint density at radius 2 is 2.12 bits per heavy atom. The van der Waals surface area contributed by atoms with Gasteiger partial charge in [-0.15, -0.1) is 11.3 Å². The van der Waals surface area contributed by atoms with Crippen LogP contribution in [0.4, 0.5) is 0 Å². The summed E-state index contributed by atoms with van der Waals surface area (Å²) in [5, 5.41) is 16.1. The summed E-state index contributed by atoms with van der Waals surface area (Å²) in [6.45, 7) is 3.34. The molecule has 3 rings (SSSR count). The molecule has 0 radical (unpaired) electrons. The summed E-state index contributed by atoms with van der Waals surface area (Å²) in [5.74, 6) is -0.208. The van der Waals surface area contributed by atoms with Gasteiger partial charge in [0.05, 0.1) is 17.7 Å². The van der Waals surface area contributed by atoms with E-state index in [1.165, 1.54) is 12.7 Å². The highest BCUT2D eigenvalue weighted by Crippen LogP contribution is 2.39. The zero-order valence-corrected chi connectivity index (χ0v) is 16.0. The van der Waals surface area contributed by atoms with Gasteiger partial charge in [0.2, 0.25) is 5.91 Å². The van der Waals surface area contributed by atoms with Crippen molar-refractivity contribution >= 4 is 17.2 Å². The van der Waals surface area contributed by atoms with Crippen molar-refractivity contribution in [2.45, 2.75) is 37.6 Å². The first-order valence-electron chi connectivity index (χ1n) is 8.83. The van der Waals surface area contributed by atoms with E-state index in [4.69, 9.17) is 4.74 Å². The topological polar surface area (TPSA) is 61.8 Å². The number of hydrogen-bond donors (Lipinski definition) is 2. The number of rotatable bonds is 6. The van der Waals surface area contributed by atoms with Crippen molar-refractivity contribution < 1.29 is 14.6 Å². The second-order valence-corrected chi connectivity index (χ2v) is 7.98. The summed E-state index contributed by atoms with van der Waals surface area (Å²) in [4.78, 5) is 15.7. The van der Waals surface area contributed by atoms with Gasteiger partial charge in [0.25, 0.3) is 0 Å². The first kappa shape index (κ1) is 19.0. The molecule has 3 atom stereocenters. The van der Waals surface area contributed by atoms with Crippen molar-refractivity contribution in [3.63, 3.8) is 0 Å². The molecule has 6 heteroatoms. The first-order chi connectivity index (χ1) is 12.5. The molecule has 0 saturated carbocycles. The van der Waals surface area contributed by atoms with E-state index in [1.54, 1.807) is 11.3 Å². The number of ether oxygens (including phenoxy) is 1. The van der Waals surface area contributed by atoms with Gasteiger partial charge in [-0.1, -0.05) is 36.4 Å². The minimum atomic E-state index is -0.981. The van der Waals surface area contributed by atoms with Gasteiger partial charge in [-0.2, -0.15) is 0 Å². The fourth-order valence-corrected chi connectivity index (χ4v) is 4.49. The summed E-state index contributed by atoms with van der Waals surface area (Å²) in [6.07, 6.45) is 0.597. The van der Waals surface area contributed by atoms with Gasteiger partial charge in [-0.25, -0.2) is 0 Å². The van der Waals surface area contributed by atoms with Crippen LogP contribution in [0.3, 0.4) is 0 Å². The standard InChI is InChI=1S/C20H26N2O3S/c1-20(24)10-11-22(13-15-7-4-3-5-8-15)18(16-9-6-12-26-16)19(20)21-17(23)14-25-2/h3-9,12,18-19,24H,10-11,13-14H2,1-2H3,(H,21,23)/t18-,19-,20+/m0/s1. The SMILES string of the molecule is COCC(=O)N[C@H]1[C@H](c2cccs2)N(Cc2ccccc2)CC[C@@]1(C)O. The van der Waals surface area contributed by atoms with Gasteiger partial charge in [0.15, 0.2) is 0 Å². The lowest BCUT2D eigenvalue weighted by molar-refractivity contribution is -0.132. The van der Waals surface area contributed by atoms with Gasteiger partial charge < -0.3 is 15.2 Å². The Balaban J connectivity index is 1.90. The Bertz CT molecular complexity index is 703. The fraction of sp³-hybridized carbons (Fsp3) is 0.450. The molecule has 0 bridgehead atoms. The van der Waals surface area contributed by atoms with Crippen molar-refractivity contribution in [1.29, 1.82) is 0 Å². The third-order valence-electron chi connectivity index (χ3n) is 4.94. The number of amides is 1. The molecule has 0 spiro atoms. The molecule has 1 aromatic carbocycles. The summed E-state index contributed by atoms with van der Waals surface area (Å²) < 4.78 is 4.96. The molecular formula is C20H26N2O3S. The summed E-state index contributed by atoms with van der Waals surface area (Å²) in [7, 11) is 1.50. The lowest BCUT2D eigenvalue weighted by atomic mass is 9.81. The Labute approximate surface area is 158 Å². The van der Waals surface area contributed by atoms with E-state index in [1.807, 2.05) is 36.6 Å². The van der Waals surface area contributed by atoms with Crippen LogP contribution >= 0.6 is 11.3 Å². The molecule has 1 fully saturated rings. The van der Waals surface area contributed by atoms with E-state index < -0.39 is 11.6 Å². The van der Waals surface area contributed by atoms with E-state index in [-0.39, 0.29) is 18.6 Å². The Hall–Kier alpha value is -1.73. The molecule has 2 aromatic rings. The third kappa shape index (κ3) is 4.32. The highest BCUT2D eigenvalue weighted by atomic mass is 32.1. The maximum absolute atomic E-state index is 12.2. The normalized spacial score (nSPS) is 26.6. The number of aliphatic hydroxyl groups is 1. The van der Waals surface area contributed by atoms with E-state index in [2.05, 4.69) is 28.4 Å². The summed E-state index contributed by atoms with van der Waals surface area (Å²) in [5.41, 5.74) is 0.239. The molecule has 1 amide bonds. The van der Waals surface area contributed by atoms with Crippen molar-refractivity contribution in [2.75, 3.05) is 20.3 Å². The number of benzene rings is 1. The minimum Gasteiger partial charge on any atom is -0.388 e. The Kier molecular flexibility index (Phi) is 6.09. The molecule has 1 saturated heterocycles. The van der Waals surface area contributed by atoms with E-state index in [0.29, 0.717) is 6.42 Å². The third-order valence-corrected chi connectivity index (χ3v) is 5.88. The van der Waals surface area contributed by atoms with Gasteiger partial charge in [0, 0.05) is 25.1 Å². The second-order valence-electron chi connectivity index (χ2n) is 7.00. The smallest absolute Gasteiger partial charge is 0.246 e. The van der Waals surface area contributed by atoms with Crippen molar-refractivity contribution in [3.05, 3.63) is 58.3 Å². The monoisotopic (exact) mass is 374 g/mol. The number of carbonyl (C=O) groups excluding carboxylic acids is 1. The van der Waals surface area contributed by atoms with Crippen molar-refractivity contribution in [2.24, 2.45) is 0 Å². The molecule has 0 unspecified atom stereocenters. The quantitative estimate of drug-likeness (QED) is 0.816. The molecule has 5 nitrogen and oxygen atoms in total. The molecule has 2 N–H and O–H groups in total. The second kappa shape index (κ2) is 8.31. The van der Waals surface area contributed by atoms with E-state index >= 15 is 0 Å². The number of carbonyl (C=O) groups is 1. The van der Waals surface area contributed by atoms with Crippen LogP contribution in [0.15, 0.2) is 47.8 Å². The van der Waals surface area contributed by atoms with Gasteiger partial charge in [-0.3, -0.25) is 9.69 Å². The predicted molar refractivity (Wildman–Crippen MR) is 103 cm³/mol. The average molecular weight is 375 g/mol. The average Bonchev–Trinajstić information content (AvgIpc) is 3.13. The molecule has 0 aliphatic carbocycles. The number of methoxy groups -OCH3 is 1. The predicted octanol–water partition coefficient (Wildman–Crippen LogP) is 2.58. The fourth-order valence-electron chi connectivity index (χ4n) is 3.60. The van der Waals surface area contributed by atoms with Crippen LogP contribution in [-0.4, -0.2) is 47.8 Å². The Morgan fingerprint density at radius 1 is 1.35 bits per heavy atom. The van der Waals surface area contributed by atoms with Crippen LogP contribution in [0.25, 0.3) is 0 Å². The number of piperidine rings is 1. The molecule has 140 valence electrons. The summed E-state index contributed by atoms with van der Waals surface area (Å²) >= 11 is 1.65. The molecule has 1 aromatic heterocycles. The molecule has 2 heterocycles. The lowest BCUT2D eigenvalue weighted by Crippen LogP contribution is -2.62. The number of nitrogens with zero attached hydrogens (tertiary/aromatic N) is 1. The number of likely N-dealkylation sites (tertiary alicyclic amines) is 1. The molecule has 1 aliphatic rings. The molecule has 26 heavy (non-hydrogen) atoms. The highest BCUT2D eigenvalue weighted by molar-refractivity contribution is 7.10. The van der Waals surface area contributed by atoms with Gasteiger partial charge in [0.1, 0.15) is 6.61 Å². The highest BCUT2D eigenvalue weighted by Gasteiger charge is 2.46. The van der Waals surface area contributed by atoms with Gasteiger partial charge in [-0.05, 0) is 30.4 Å². The van der Waals surface area contributed by atoms with Crippen LogP contribution in [0, 0.1) is 0 Å². The van der Waals surface area contributed by atoms with Crippen LogP contribution in [0.1, 0.15) is 29.8 Å². The van der Waals surface area contributed by atoms with Crippen LogP contribution in [0.5, 0.6) is 0 Å². The number of hydrogen-bond acceptors (Lipinski definition) is 5. The maximum Gasteiger partial charge on any atom is 0.246 e. The largest absolute Gasteiger partial charge is 0.388 e. The zero-order valence-electron chi connectivity index (χ0n) is 15.2. The lowest BCUT2D eigenvalue weighted by Gasteiger charge is -2.48.